The van der Waals surface area contributed by atoms with Gasteiger partial charge < -0.3 is 9.47 Å². The third-order valence-corrected chi connectivity index (χ3v) is 11.0. The molecule has 0 spiro atoms. The summed E-state index contributed by atoms with van der Waals surface area (Å²) in [5, 5.41) is 4.90. The van der Waals surface area contributed by atoms with E-state index in [1.165, 1.54) is 60.5 Å². The molecule has 0 fully saturated rings. The molecule has 0 N–H and O–H groups in total. The van der Waals surface area contributed by atoms with E-state index >= 15 is 0 Å². The molecular weight excluding hydrogens is 641 g/mol. The number of fused-ring (bicyclic) bond motifs is 8. The molecule has 0 amide bonds. The first-order valence-corrected chi connectivity index (χ1v) is 18.3. The second-order valence-corrected chi connectivity index (χ2v) is 14.4. The molecular formula is C51H38N2. The van der Waals surface area contributed by atoms with Crippen molar-refractivity contribution in [3.63, 3.8) is 0 Å². The zero-order valence-corrected chi connectivity index (χ0v) is 29.7. The monoisotopic (exact) mass is 680 g/mol. The van der Waals surface area contributed by atoms with Gasteiger partial charge in [-0.15, -0.1) is 0 Å². The van der Waals surface area contributed by atoms with Crippen molar-refractivity contribution in [1.82, 2.24) is 4.57 Å². The highest BCUT2D eigenvalue weighted by Crippen LogP contribution is 2.53. The lowest BCUT2D eigenvalue weighted by atomic mass is 9.81. The Morgan fingerprint density at radius 1 is 0.509 bits per heavy atom. The van der Waals surface area contributed by atoms with Gasteiger partial charge in [-0.25, -0.2) is 0 Å². The van der Waals surface area contributed by atoms with Gasteiger partial charge in [0, 0.05) is 38.6 Å². The molecule has 10 rings (SSSR count). The average molecular weight is 681 g/mol. The Bertz CT molecular complexity index is 2910. The number of hydrogen-bond donors (Lipinski definition) is 0. The molecule has 252 valence electrons. The molecule has 0 saturated carbocycles. The lowest BCUT2D eigenvalue weighted by Gasteiger charge is -2.25. The van der Waals surface area contributed by atoms with Crippen LogP contribution in [0.15, 0.2) is 182 Å². The van der Waals surface area contributed by atoms with Crippen LogP contribution in [0.25, 0.3) is 61.5 Å². The summed E-state index contributed by atoms with van der Waals surface area (Å²) in [6.45, 7) is 4.62. The minimum atomic E-state index is -0.362. The van der Waals surface area contributed by atoms with Crippen LogP contribution in [0, 0.1) is 0 Å². The lowest BCUT2D eigenvalue weighted by molar-refractivity contribution is 0.664. The SMILES string of the molecule is [2H]/C(=C(/[2H])c1ccc2c(c1)C(C)(C)c1c-2ccc2c3ccccc3n(-c3cccc4ccccc34)c12)c1ccc(N(c2ccccc2)c2ccccc2)cc1. The van der Waals surface area contributed by atoms with E-state index in [-0.39, 0.29) is 17.5 Å². The first kappa shape index (κ1) is 29.0. The highest BCUT2D eigenvalue weighted by molar-refractivity contribution is 6.14. The maximum Gasteiger partial charge on any atom is 0.0629 e. The molecule has 8 aromatic carbocycles. The predicted molar refractivity (Wildman–Crippen MR) is 226 cm³/mol. The zero-order chi connectivity index (χ0) is 37.3. The second-order valence-electron chi connectivity index (χ2n) is 14.4. The number of benzene rings is 8. The number of para-hydroxylation sites is 3. The standard InChI is InChI=1S/C51H38N2/c1-51(2)46-34-36(25-24-35-26-29-40(30-27-35)52(38-16-5-3-6-17-38)39-18-7-4-8-19-39)28-31-42(46)44-32-33-45-43-21-11-12-22-48(43)53(50(45)49(44)51)47-23-13-15-37-14-9-10-20-41(37)47/h3-34H,1-2H3/b25-24+/i24D,25D. The van der Waals surface area contributed by atoms with Crippen molar-refractivity contribution < 1.29 is 2.74 Å². The maximum atomic E-state index is 9.32. The molecule has 0 atom stereocenters. The number of hydrogen-bond acceptors (Lipinski definition) is 1. The smallest absolute Gasteiger partial charge is 0.0629 e. The van der Waals surface area contributed by atoms with Gasteiger partial charge in [0.15, 0.2) is 0 Å². The van der Waals surface area contributed by atoms with Crippen LogP contribution in [0.2, 0.25) is 0 Å². The van der Waals surface area contributed by atoms with Crippen molar-refractivity contribution in [1.29, 1.82) is 0 Å². The van der Waals surface area contributed by atoms with E-state index in [0.717, 1.165) is 22.6 Å². The fraction of sp³-hybridized carbons (Fsp3) is 0.0588. The fourth-order valence-electron chi connectivity index (χ4n) is 8.52. The van der Waals surface area contributed by atoms with E-state index in [4.69, 9.17) is 0 Å². The van der Waals surface area contributed by atoms with E-state index in [1.54, 1.807) is 0 Å². The molecule has 9 aromatic rings. The van der Waals surface area contributed by atoms with Gasteiger partial charge in [0.25, 0.3) is 0 Å². The highest BCUT2D eigenvalue weighted by atomic mass is 15.1. The van der Waals surface area contributed by atoms with Gasteiger partial charge in [-0.2, -0.15) is 0 Å². The second kappa shape index (κ2) is 12.3. The van der Waals surface area contributed by atoms with E-state index in [2.05, 4.69) is 139 Å². The van der Waals surface area contributed by atoms with Crippen LogP contribution in [0.3, 0.4) is 0 Å². The van der Waals surface area contributed by atoms with Crippen LogP contribution >= 0.6 is 0 Å². The summed E-state index contributed by atoms with van der Waals surface area (Å²) in [5.74, 6) is 0. The van der Waals surface area contributed by atoms with Gasteiger partial charge in [0.05, 0.1) is 19.5 Å². The fourth-order valence-corrected chi connectivity index (χ4v) is 8.52. The first-order chi connectivity index (χ1) is 26.9. The summed E-state index contributed by atoms with van der Waals surface area (Å²) < 4.78 is 21.0. The predicted octanol–water partition coefficient (Wildman–Crippen LogP) is 13.9. The number of anilines is 3. The normalized spacial score (nSPS) is 14.1. The summed E-state index contributed by atoms with van der Waals surface area (Å²) in [6.07, 6.45) is 0. The minimum absolute atomic E-state index is 0.198. The van der Waals surface area contributed by atoms with Gasteiger partial charge in [-0.3, -0.25) is 0 Å². The molecule has 1 aromatic heterocycles. The van der Waals surface area contributed by atoms with Crippen LogP contribution in [0.1, 0.15) is 38.8 Å². The van der Waals surface area contributed by atoms with Crippen molar-refractivity contribution >= 4 is 61.7 Å². The Kier molecular flexibility index (Phi) is 6.70. The minimum Gasteiger partial charge on any atom is -0.311 e. The Morgan fingerprint density at radius 2 is 1.09 bits per heavy atom. The summed E-state index contributed by atoms with van der Waals surface area (Å²) in [4.78, 5) is 2.20. The largest absolute Gasteiger partial charge is 0.311 e. The molecule has 0 saturated heterocycles. The van der Waals surface area contributed by atoms with Gasteiger partial charge in [-0.05, 0) is 87.3 Å². The number of nitrogens with zero attached hydrogens (tertiary/aromatic N) is 2. The molecule has 0 unspecified atom stereocenters. The first-order valence-electron chi connectivity index (χ1n) is 19.3. The maximum absolute atomic E-state index is 9.32. The molecule has 0 aliphatic heterocycles. The quantitative estimate of drug-likeness (QED) is 0.159. The van der Waals surface area contributed by atoms with E-state index in [1.807, 2.05) is 66.7 Å². The van der Waals surface area contributed by atoms with Gasteiger partial charge in [0.1, 0.15) is 0 Å². The molecule has 1 aliphatic carbocycles. The van der Waals surface area contributed by atoms with Crippen LogP contribution < -0.4 is 4.90 Å². The molecule has 1 aliphatic rings. The van der Waals surface area contributed by atoms with Crippen molar-refractivity contribution in [2.75, 3.05) is 4.90 Å². The van der Waals surface area contributed by atoms with Gasteiger partial charge in [-0.1, -0.05) is 159 Å². The Morgan fingerprint density at radius 3 is 1.85 bits per heavy atom. The van der Waals surface area contributed by atoms with Crippen LogP contribution in [0.5, 0.6) is 0 Å². The molecule has 53 heavy (non-hydrogen) atoms. The zero-order valence-electron chi connectivity index (χ0n) is 31.7. The van der Waals surface area contributed by atoms with Crippen molar-refractivity contribution in [2.45, 2.75) is 19.3 Å². The lowest BCUT2D eigenvalue weighted by Crippen LogP contribution is -2.16. The summed E-state index contributed by atoms with van der Waals surface area (Å²) in [5.41, 5.74) is 12.7. The number of rotatable bonds is 6. The Balaban J connectivity index is 1.07. The van der Waals surface area contributed by atoms with Crippen LogP contribution in [-0.4, -0.2) is 4.57 Å². The number of aromatic nitrogens is 1. The molecule has 0 radical (unpaired) electrons. The summed E-state index contributed by atoms with van der Waals surface area (Å²) >= 11 is 0. The van der Waals surface area contributed by atoms with E-state index in [9.17, 15) is 2.74 Å². The van der Waals surface area contributed by atoms with E-state index < -0.39 is 0 Å². The van der Waals surface area contributed by atoms with Crippen LogP contribution in [0.4, 0.5) is 17.1 Å². The summed E-state index contributed by atoms with van der Waals surface area (Å²) in [6, 6.07) is 63.9. The molecule has 0 bridgehead atoms. The van der Waals surface area contributed by atoms with Crippen LogP contribution in [-0.2, 0) is 5.41 Å². The molecule has 2 nitrogen and oxygen atoms in total. The Hall–Kier alpha value is -6.64. The third kappa shape index (κ3) is 5.02. The van der Waals surface area contributed by atoms with Gasteiger partial charge in [0.2, 0.25) is 0 Å². The third-order valence-electron chi connectivity index (χ3n) is 11.0. The van der Waals surface area contributed by atoms with Gasteiger partial charge >= 0.3 is 0 Å². The van der Waals surface area contributed by atoms with Crippen molar-refractivity contribution in [3.8, 4) is 16.8 Å². The van der Waals surface area contributed by atoms with E-state index in [0.29, 0.717) is 5.56 Å². The highest BCUT2D eigenvalue weighted by Gasteiger charge is 2.38. The topological polar surface area (TPSA) is 8.17 Å². The summed E-state index contributed by atoms with van der Waals surface area (Å²) in [7, 11) is 0. The Labute approximate surface area is 313 Å². The molecule has 2 heteroatoms. The average Bonchev–Trinajstić information content (AvgIpc) is 3.69. The van der Waals surface area contributed by atoms with Crippen molar-refractivity contribution in [3.05, 3.63) is 204 Å². The van der Waals surface area contributed by atoms with Crippen molar-refractivity contribution in [2.24, 2.45) is 0 Å². The molecule has 1 heterocycles.